The van der Waals surface area contributed by atoms with Crippen molar-refractivity contribution in [3.63, 3.8) is 0 Å². The summed E-state index contributed by atoms with van der Waals surface area (Å²) in [4.78, 5) is 26.6. The summed E-state index contributed by atoms with van der Waals surface area (Å²) in [7, 11) is 3.00. The van der Waals surface area contributed by atoms with Crippen LogP contribution < -0.4 is 4.74 Å². The van der Waals surface area contributed by atoms with Gasteiger partial charge in [-0.15, -0.1) is 0 Å². The predicted molar refractivity (Wildman–Crippen MR) is 98.3 cm³/mol. The van der Waals surface area contributed by atoms with E-state index >= 15 is 0 Å². The summed E-state index contributed by atoms with van der Waals surface area (Å²) in [6.07, 6.45) is 0.262. The highest BCUT2D eigenvalue weighted by Gasteiger charge is 2.42. The maximum Gasteiger partial charge on any atom is 0.410 e. The second kappa shape index (κ2) is 7.98. The van der Waals surface area contributed by atoms with Gasteiger partial charge in [-0.25, -0.2) is 4.79 Å². The molecular formula is C20H29NO5. The van der Waals surface area contributed by atoms with Crippen LogP contribution in [-0.4, -0.2) is 49.4 Å². The molecule has 0 radical (unpaired) electrons. The number of hydrogen-bond acceptors (Lipinski definition) is 5. The van der Waals surface area contributed by atoms with Crippen molar-refractivity contribution in [1.29, 1.82) is 0 Å². The predicted octanol–water partition coefficient (Wildman–Crippen LogP) is 3.60. The van der Waals surface area contributed by atoms with Gasteiger partial charge in [-0.1, -0.05) is 12.1 Å². The molecule has 1 aromatic carbocycles. The Morgan fingerprint density at radius 2 is 1.73 bits per heavy atom. The second-order valence-electron chi connectivity index (χ2n) is 7.73. The van der Waals surface area contributed by atoms with Gasteiger partial charge in [0.25, 0.3) is 0 Å². The fourth-order valence-electron chi connectivity index (χ4n) is 3.36. The van der Waals surface area contributed by atoms with Crippen LogP contribution in [0.25, 0.3) is 0 Å². The van der Waals surface area contributed by atoms with Crippen LogP contribution in [0.5, 0.6) is 5.75 Å². The largest absolute Gasteiger partial charge is 0.497 e. The van der Waals surface area contributed by atoms with Gasteiger partial charge in [-0.2, -0.15) is 0 Å². The van der Waals surface area contributed by atoms with Crippen molar-refractivity contribution < 1.29 is 23.8 Å². The fourth-order valence-corrected chi connectivity index (χ4v) is 3.36. The van der Waals surface area contributed by atoms with Gasteiger partial charge in [0.2, 0.25) is 0 Å². The summed E-state index contributed by atoms with van der Waals surface area (Å²) in [6, 6.07) is 7.66. The van der Waals surface area contributed by atoms with Crippen LogP contribution in [0.4, 0.5) is 4.79 Å². The molecule has 1 amide bonds. The third-order valence-electron chi connectivity index (χ3n) is 4.68. The molecule has 1 aliphatic heterocycles. The zero-order valence-corrected chi connectivity index (χ0v) is 16.4. The number of hydrogen-bond donors (Lipinski definition) is 0. The number of carbonyl (C=O) groups excluding carboxylic acids is 2. The number of likely N-dealkylation sites (tertiary alicyclic amines) is 1. The van der Waals surface area contributed by atoms with Crippen molar-refractivity contribution >= 4 is 12.1 Å². The minimum absolute atomic E-state index is 0.0259. The summed E-state index contributed by atoms with van der Waals surface area (Å²) < 4.78 is 15.7. The highest BCUT2D eigenvalue weighted by atomic mass is 16.6. The van der Waals surface area contributed by atoms with E-state index in [2.05, 4.69) is 0 Å². The Morgan fingerprint density at radius 3 is 2.23 bits per heavy atom. The van der Waals surface area contributed by atoms with Crippen molar-refractivity contribution in [1.82, 2.24) is 4.90 Å². The molecule has 0 bridgehead atoms. The smallest absolute Gasteiger partial charge is 0.410 e. The average Bonchev–Trinajstić information content (AvgIpc) is 2.59. The normalized spacial score (nSPS) is 23.3. The third kappa shape index (κ3) is 4.68. The van der Waals surface area contributed by atoms with Crippen LogP contribution in [0, 0.1) is 5.92 Å². The van der Waals surface area contributed by atoms with E-state index in [4.69, 9.17) is 14.2 Å². The third-order valence-corrected chi connectivity index (χ3v) is 4.68. The second-order valence-corrected chi connectivity index (χ2v) is 7.73. The molecule has 1 saturated heterocycles. The minimum Gasteiger partial charge on any atom is -0.497 e. The van der Waals surface area contributed by atoms with Gasteiger partial charge in [-0.3, -0.25) is 4.79 Å². The Morgan fingerprint density at radius 1 is 1.12 bits per heavy atom. The first-order valence-corrected chi connectivity index (χ1v) is 8.87. The zero-order chi connectivity index (χ0) is 19.5. The summed E-state index contributed by atoms with van der Waals surface area (Å²) >= 11 is 0. The molecule has 26 heavy (non-hydrogen) atoms. The lowest BCUT2D eigenvalue weighted by molar-refractivity contribution is -0.148. The molecule has 0 unspecified atom stereocenters. The molecule has 1 aliphatic rings. The molecule has 1 heterocycles. The van der Waals surface area contributed by atoms with Gasteiger partial charge in [0.1, 0.15) is 11.4 Å². The van der Waals surface area contributed by atoms with Gasteiger partial charge < -0.3 is 19.1 Å². The van der Waals surface area contributed by atoms with E-state index in [9.17, 15) is 9.59 Å². The topological polar surface area (TPSA) is 65.1 Å². The number of methoxy groups -OCH3 is 2. The van der Waals surface area contributed by atoms with E-state index in [1.807, 2.05) is 52.0 Å². The van der Waals surface area contributed by atoms with Crippen LogP contribution in [0.1, 0.15) is 45.6 Å². The van der Waals surface area contributed by atoms with Crippen LogP contribution >= 0.6 is 0 Å². The molecule has 0 saturated carbocycles. The minimum atomic E-state index is -0.579. The molecule has 0 N–H and O–H groups in total. The quantitative estimate of drug-likeness (QED) is 0.768. The Labute approximate surface area is 155 Å². The molecule has 6 heteroatoms. The van der Waals surface area contributed by atoms with Crippen molar-refractivity contribution in [2.75, 3.05) is 20.8 Å². The SMILES string of the molecule is COC(=O)[C@H]1CN(C(=O)OC(C)(C)C)[C@H](C)C[C@H]1c1ccc(OC)cc1. The number of piperidine rings is 1. The molecule has 0 aliphatic carbocycles. The highest BCUT2D eigenvalue weighted by molar-refractivity contribution is 5.76. The Bertz CT molecular complexity index is 635. The summed E-state index contributed by atoms with van der Waals surface area (Å²) in [5.74, 6) is -0.00644. The van der Waals surface area contributed by atoms with E-state index < -0.39 is 17.6 Å². The van der Waals surface area contributed by atoms with Gasteiger partial charge >= 0.3 is 12.1 Å². The van der Waals surface area contributed by atoms with Crippen LogP contribution in [0.3, 0.4) is 0 Å². The molecule has 1 fully saturated rings. The van der Waals surface area contributed by atoms with E-state index in [1.165, 1.54) is 7.11 Å². The average molecular weight is 363 g/mol. The monoisotopic (exact) mass is 363 g/mol. The van der Waals surface area contributed by atoms with E-state index in [-0.39, 0.29) is 24.5 Å². The lowest BCUT2D eigenvalue weighted by Gasteiger charge is -2.42. The summed E-state index contributed by atoms with van der Waals surface area (Å²) in [5.41, 5.74) is 0.460. The highest BCUT2D eigenvalue weighted by Crippen LogP contribution is 2.37. The lowest BCUT2D eigenvalue weighted by atomic mass is 9.78. The standard InChI is InChI=1S/C20H29NO5/c1-13-11-16(14-7-9-15(24-5)10-8-14)17(18(22)25-6)12-21(13)19(23)26-20(2,3)4/h7-10,13,16-17H,11-12H2,1-6H3/t13-,16+,17+/m1/s1. The molecule has 2 rings (SSSR count). The van der Waals surface area contributed by atoms with E-state index in [0.717, 1.165) is 11.3 Å². The number of nitrogens with zero attached hydrogens (tertiary/aromatic N) is 1. The van der Waals surface area contributed by atoms with E-state index in [0.29, 0.717) is 6.42 Å². The Hall–Kier alpha value is -2.24. The maximum atomic E-state index is 12.5. The van der Waals surface area contributed by atoms with Crippen molar-refractivity contribution in [3.05, 3.63) is 29.8 Å². The van der Waals surface area contributed by atoms with Gasteiger partial charge in [0.15, 0.2) is 0 Å². The van der Waals surface area contributed by atoms with Crippen LogP contribution in [-0.2, 0) is 14.3 Å². The summed E-state index contributed by atoms with van der Waals surface area (Å²) in [5, 5.41) is 0. The number of rotatable bonds is 3. The van der Waals surface area contributed by atoms with Gasteiger partial charge in [0.05, 0.1) is 20.1 Å². The van der Waals surface area contributed by atoms with Crippen molar-refractivity contribution in [2.24, 2.45) is 5.92 Å². The zero-order valence-electron chi connectivity index (χ0n) is 16.4. The number of benzene rings is 1. The molecule has 3 atom stereocenters. The Balaban J connectivity index is 2.25. The summed E-state index contributed by atoms with van der Waals surface area (Å²) in [6.45, 7) is 7.75. The number of amides is 1. The molecule has 0 aromatic heterocycles. The van der Waals surface area contributed by atoms with Crippen LogP contribution in [0.2, 0.25) is 0 Å². The number of carbonyl (C=O) groups is 2. The van der Waals surface area contributed by atoms with Crippen LogP contribution in [0.15, 0.2) is 24.3 Å². The molecule has 0 spiro atoms. The van der Waals surface area contributed by atoms with Crippen molar-refractivity contribution in [2.45, 2.75) is 51.7 Å². The first-order chi connectivity index (χ1) is 12.2. The molecule has 6 nitrogen and oxygen atoms in total. The first-order valence-electron chi connectivity index (χ1n) is 8.87. The lowest BCUT2D eigenvalue weighted by Crippen LogP contribution is -2.51. The van der Waals surface area contributed by atoms with Crippen molar-refractivity contribution in [3.8, 4) is 5.75 Å². The maximum absolute atomic E-state index is 12.5. The molecule has 1 aromatic rings. The molecular weight excluding hydrogens is 334 g/mol. The Kier molecular flexibility index (Phi) is 6.16. The first kappa shape index (κ1) is 20.1. The number of esters is 1. The van der Waals surface area contributed by atoms with Gasteiger partial charge in [0, 0.05) is 18.5 Å². The van der Waals surface area contributed by atoms with E-state index in [1.54, 1.807) is 12.0 Å². The van der Waals surface area contributed by atoms with Gasteiger partial charge in [-0.05, 0) is 51.8 Å². The molecule has 144 valence electrons. The fraction of sp³-hybridized carbons (Fsp3) is 0.600. The number of ether oxygens (including phenoxy) is 3.